The number of carboxylic acid groups (broad SMARTS) is 2. The number of carboxylic acids is 1. The lowest BCUT2D eigenvalue weighted by atomic mass is 9.99. The summed E-state index contributed by atoms with van der Waals surface area (Å²) in [7, 11) is 2.83. The molecule has 0 aromatic heterocycles. The van der Waals surface area contributed by atoms with Crippen LogP contribution in [0.3, 0.4) is 0 Å². The zero-order valence-corrected chi connectivity index (χ0v) is 21.2. The third-order valence-corrected chi connectivity index (χ3v) is 5.26. The molecule has 1 heterocycles. The average molecular weight is 532 g/mol. The normalized spacial score (nSPS) is 23.9. The van der Waals surface area contributed by atoms with Gasteiger partial charge < -0.3 is 54.3 Å². The van der Waals surface area contributed by atoms with Crippen LogP contribution < -0.4 is 9.47 Å². The Balaban J connectivity index is 2.20. The van der Waals surface area contributed by atoms with Crippen molar-refractivity contribution in [3.63, 3.8) is 0 Å². The van der Waals surface area contributed by atoms with Crippen molar-refractivity contribution in [2.24, 2.45) is 0 Å². The number of amides is 2. The van der Waals surface area contributed by atoms with E-state index in [1.54, 1.807) is 6.07 Å². The van der Waals surface area contributed by atoms with Gasteiger partial charge in [0.25, 0.3) is 1.43 Å². The Bertz CT molecular complexity index is 988. The van der Waals surface area contributed by atoms with Crippen LogP contribution in [0.2, 0.25) is 0 Å². The summed E-state index contributed by atoms with van der Waals surface area (Å²) in [6.45, 7) is 5.25. The zero-order chi connectivity index (χ0) is 28.8. The Labute approximate surface area is 215 Å². The number of ether oxygens (including phenoxy) is 4. The van der Waals surface area contributed by atoms with Crippen LogP contribution in [0.5, 0.6) is 11.5 Å². The Morgan fingerprint density at radius 3 is 2.30 bits per heavy atom. The maximum Gasteiger partial charge on any atom is 0.409 e. The van der Waals surface area contributed by atoms with E-state index in [1.165, 1.54) is 31.1 Å². The summed E-state index contributed by atoms with van der Waals surface area (Å²) in [4.78, 5) is 37.5. The number of carbonyl (C=O) groups is 3. The predicted octanol–water partition coefficient (Wildman–Crippen LogP) is 0.313. The van der Waals surface area contributed by atoms with Crippen molar-refractivity contribution >= 4 is 18.2 Å². The molecule has 14 nitrogen and oxygen atoms in total. The molecule has 208 valence electrons. The van der Waals surface area contributed by atoms with Crippen molar-refractivity contribution in [3.8, 4) is 11.5 Å². The third kappa shape index (κ3) is 8.35. The Kier molecular flexibility index (Phi) is 9.37. The SMILES string of the molecule is [2H]OC(=O)N(C)CCN(C)C(=O)OCc1ccc(OC(C)(C)C)cc1OC1O[C@H](C(=O)O)[C@@H](O)[C@H](O)[C@H]1O. The van der Waals surface area contributed by atoms with Crippen molar-refractivity contribution in [1.82, 2.24) is 9.80 Å². The van der Waals surface area contributed by atoms with Crippen molar-refractivity contribution in [2.75, 3.05) is 27.2 Å². The van der Waals surface area contributed by atoms with Crippen LogP contribution in [0.15, 0.2) is 18.2 Å². The van der Waals surface area contributed by atoms with Gasteiger partial charge in [-0.3, -0.25) is 0 Å². The van der Waals surface area contributed by atoms with Gasteiger partial charge in [0.2, 0.25) is 6.29 Å². The number of aliphatic hydroxyl groups is 3. The van der Waals surface area contributed by atoms with E-state index in [1.807, 2.05) is 20.8 Å². The molecule has 1 aliphatic rings. The van der Waals surface area contributed by atoms with Crippen LogP contribution in [-0.2, 0) is 20.9 Å². The van der Waals surface area contributed by atoms with Gasteiger partial charge in [-0.25, -0.2) is 14.4 Å². The molecule has 1 saturated heterocycles. The molecule has 5 atom stereocenters. The molecule has 0 saturated carbocycles. The molecular weight excluding hydrogens is 496 g/mol. The lowest BCUT2D eigenvalue weighted by Crippen LogP contribution is -2.61. The number of rotatable bonds is 9. The molecule has 1 aliphatic heterocycles. The number of likely N-dealkylation sites (N-methyl/N-ethyl adjacent to an activating group) is 2. The molecule has 1 aromatic carbocycles. The fraction of sp³-hybridized carbons (Fsp3) is 0.609. The Morgan fingerprint density at radius 2 is 1.70 bits per heavy atom. The lowest BCUT2D eigenvalue weighted by molar-refractivity contribution is -0.271. The zero-order valence-electron chi connectivity index (χ0n) is 22.2. The van der Waals surface area contributed by atoms with Gasteiger partial charge in [-0.05, 0) is 32.9 Å². The van der Waals surface area contributed by atoms with E-state index in [-0.39, 0.29) is 31.0 Å². The third-order valence-electron chi connectivity index (χ3n) is 5.26. The standard InChI is InChI=1S/C23H34N2O12/c1-23(2,3)37-13-7-6-12(11-34-22(33)25(5)9-8-24(4)21(31)32)14(10-13)35-20-17(28)15(26)16(27)18(36-20)19(29)30/h6-7,10,15-18,20,26-28H,8-9,11H2,1-5H3,(H,29,30)(H,31,32)/t15-,16-,17+,18-,20?/m0/s1/i/hD. The van der Waals surface area contributed by atoms with Crippen molar-refractivity contribution in [1.29, 1.82) is 1.43 Å². The van der Waals surface area contributed by atoms with E-state index >= 15 is 0 Å². The Morgan fingerprint density at radius 1 is 1.05 bits per heavy atom. The highest BCUT2D eigenvalue weighted by molar-refractivity contribution is 5.73. The lowest BCUT2D eigenvalue weighted by Gasteiger charge is -2.38. The van der Waals surface area contributed by atoms with E-state index in [2.05, 4.69) is 5.11 Å². The van der Waals surface area contributed by atoms with Crippen molar-refractivity contribution in [2.45, 2.75) is 63.7 Å². The number of hydrogen-bond donors (Lipinski definition) is 5. The molecule has 14 heteroatoms. The van der Waals surface area contributed by atoms with Crippen LogP contribution in [0.4, 0.5) is 9.59 Å². The van der Waals surface area contributed by atoms with Crippen molar-refractivity contribution in [3.05, 3.63) is 23.8 Å². The minimum Gasteiger partial charge on any atom is -0.488 e. The molecule has 37 heavy (non-hydrogen) atoms. The van der Waals surface area contributed by atoms with Crippen molar-refractivity contribution < 1.29 is 58.9 Å². The highest BCUT2D eigenvalue weighted by atomic mass is 16.7. The van der Waals surface area contributed by atoms with Crippen LogP contribution in [0.25, 0.3) is 1.43 Å². The minimum absolute atomic E-state index is 0.00286. The van der Waals surface area contributed by atoms with Crippen LogP contribution in [-0.4, -0.2) is 117 Å². The van der Waals surface area contributed by atoms with Gasteiger partial charge in [-0.2, -0.15) is 0 Å². The monoisotopic (exact) mass is 531 g/mol. The molecule has 0 bridgehead atoms. The highest BCUT2D eigenvalue weighted by Crippen LogP contribution is 2.31. The number of nitrogens with zero attached hydrogens (tertiary/aromatic N) is 2. The first-order valence-corrected chi connectivity index (χ1v) is 11.3. The fourth-order valence-electron chi connectivity index (χ4n) is 3.19. The van der Waals surface area contributed by atoms with E-state index < -0.39 is 54.5 Å². The van der Waals surface area contributed by atoms with E-state index in [0.717, 1.165) is 4.90 Å². The number of hydrogen-bond acceptors (Lipinski definition) is 11. The van der Waals surface area contributed by atoms with E-state index in [9.17, 15) is 34.8 Å². The van der Waals surface area contributed by atoms with E-state index in [4.69, 9.17) is 20.4 Å². The predicted molar refractivity (Wildman–Crippen MR) is 125 cm³/mol. The van der Waals surface area contributed by atoms with Gasteiger partial charge in [0.15, 0.2) is 6.10 Å². The topological polar surface area (TPSA) is 196 Å². The van der Waals surface area contributed by atoms with Crippen LogP contribution in [0, 0.1) is 0 Å². The molecule has 0 spiro atoms. The molecule has 5 N–H and O–H groups in total. The van der Waals surface area contributed by atoms with Gasteiger partial charge >= 0.3 is 18.2 Å². The van der Waals surface area contributed by atoms with Crippen LogP contribution in [0.1, 0.15) is 26.3 Å². The van der Waals surface area contributed by atoms with Gasteiger partial charge in [0.05, 0.1) is 0 Å². The summed E-state index contributed by atoms with van der Waals surface area (Å²) in [5.74, 6) is -1.23. The van der Waals surface area contributed by atoms with Gasteiger partial charge in [-0.15, -0.1) is 0 Å². The first-order chi connectivity index (χ1) is 17.6. The number of benzene rings is 1. The summed E-state index contributed by atoms with van der Waals surface area (Å²) in [5, 5.41) is 43.5. The fourth-order valence-corrected chi connectivity index (χ4v) is 3.19. The summed E-state index contributed by atoms with van der Waals surface area (Å²) in [6.07, 6.45) is -10.8. The molecule has 0 radical (unpaired) electrons. The molecule has 1 unspecified atom stereocenters. The molecule has 2 rings (SSSR count). The molecule has 2 amide bonds. The number of aliphatic hydroxyl groups excluding tert-OH is 3. The summed E-state index contributed by atoms with van der Waals surface area (Å²) in [5.41, 5.74) is -0.311. The second kappa shape index (κ2) is 12.3. The Hall–Kier alpha value is -3.33. The average Bonchev–Trinajstić information content (AvgIpc) is 2.84. The second-order valence-corrected chi connectivity index (χ2v) is 9.50. The summed E-state index contributed by atoms with van der Waals surface area (Å²) in [6, 6.07) is 4.53. The smallest absolute Gasteiger partial charge is 0.409 e. The maximum absolute atomic E-state index is 12.4. The molecular formula is C23H34N2O12. The van der Waals surface area contributed by atoms with E-state index in [0.29, 0.717) is 5.75 Å². The first kappa shape index (κ1) is 28.2. The maximum atomic E-state index is 12.4. The minimum atomic E-state index is -1.89. The summed E-state index contributed by atoms with van der Waals surface area (Å²) >= 11 is 0. The van der Waals surface area contributed by atoms with Gasteiger partial charge in [0.1, 0.15) is 42.0 Å². The quantitative estimate of drug-likeness (QED) is 0.293. The van der Waals surface area contributed by atoms with Gasteiger partial charge in [-0.1, -0.05) is 0 Å². The number of aliphatic carboxylic acids is 1. The van der Waals surface area contributed by atoms with Gasteiger partial charge in [0, 0.05) is 38.8 Å². The largest absolute Gasteiger partial charge is 0.488 e. The summed E-state index contributed by atoms with van der Waals surface area (Å²) < 4.78 is 28.6. The molecule has 0 aliphatic carbocycles. The van der Waals surface area contributed by atoms with Crippen LogP contribution >= 0.6 is 0 Å². The second-order valence-electron chi connectivity index (χ2n) is 9.50. The highest BCUT2D eigenvalue weighted by Gasteiger charge is 2.48. The first-order valence-electron chi connectivity index (χ1n) is 11.7. The molecule has 1 fully saturated rings. The number of carbonyl (C=O) groups excluding carboxylic acids is 1. The molecule has 1 aromatic rings.